The Morgan fingerprint density at radius 3 is 2.63 bits per heavy atom. The van der Waals surface area contributed by atoms with Gasteiger partial charge in [-0.2, -0.15) is 4.39 Å². The molecule has 1 N–H and O–H groups in total. The standard InChI is InChI=1S/C35H29ClF2N4O4/c1-3-4-18-45-29-14-13-24(30(37)31(29)38)27-21-40-32-25(27)15-16-39-33(32)41-23-11-12-26(28(36)20-23)34(43)42(2)17-8-19-46-35(44)22-9-6-5-7-10-22/h5-7,9-16,20-21,25H,8,17-19H2,1-2H3,(H,39,41). The number of esters is 1. The predicted octanol–water partition coefficient (Wildman–Crippen LogP) is 6.79. The highest BCUT2D eigenvalue weighted by Gasteiger charge is 2.32. The third-order valence-electron chi connectivity index (χ3n) is 7.22. The number of carbonyl (C=O) groups excluding carboxylic acids is 2. The summed E-state index contributed by atoms with van der Waals surface area (Å²) >= 11 is 6.51. The average molecular weight is 643 g/mol. The fourth-order valence-corrected chi connectivity index (χ4v) is 5.10. The number of carbonyl (C=O) groups is 2. The van der Waals surface area contributed by atoms with E-state index in [1.807, 2.05) is 6.07 Å². The van der Waals surface area contributed by atoms with Crippen LogP contribution in [-0.2, 0) is 4.74 Å². The van der Waals surface area contributed by atoms with Crippen molar-refractivity contribution in [1.82, 2.24) is 4.90 Å². The summed E-state index contributed by atoms with van der Waals surface area (Å²) in [5.74, 6) is 2.14. The van der Waals surface area contributed by atoms with Crippen molar-refractivity contribution >= 4 is 46.3 Å². The van der Waals surface area contributed by atoms with Crippen LogP contribution in [0.4, 0.5) is 14.5 Å². The van der Waals surface area contributed by atoms with E-state index in [9.17, 15) is 14.0 Å². The lowest BCUT2D eigenvalue weighted by Gasteiger charge is -2.21. The number of anilines is 1. The van der Waals surface area contributed by atoms with Crippen LogP contribution in [0.2, 0.25) is 5.02 Å². The quantitative estimate of drug-likeness (QED) is 0.149. The SMILES string of the molecule is CC#CCOc1ccc(C2=CN=C3C(Nc4ccc(C(=O)N(C)CCCOC(=O)c5ccccc5)c(Cl)c4)=NC=CC23)c(F)c1F. The second-order valence-electron chi connectivity index (χ2n) is 10.3. The number of benzene rings is 3. The molecule has 1 atom stereocenters. The van der Waals surface area contributed by atoms with Crippen molar-refractivity contribution in [1.29, 1.82) is 0 Å². The summed E-state index contributed by atoms with van der Waals surface area (Å²) in [5, 5.41) is 3.39. The van der Waals surface area contributed by atoms with Crippen LogP contribution in [0.5, 0.6) is 5.75 Å². The Kier molecular flexibility index (Phi) is 10.2. The number of hydrogen-bond donors (Lipinski definition) is 1. The van der Waals surface area contributed by atoms with Crippen LogP contribution in [-0.4, -0.2) is 55.1 Å². The molecule has 234 valence electrons. The van der Waals surface area contributed by atoms with Gasteiger partial charge in [0.2, 0.25) is 5.82 Å². The van der Waals surface area contributed by atoms with Crippen LogP contribution in [0.15, 0.2) is 89.1 Å². The van der Waals surface area contributed by atoms with Gasteiger partial charge in [0.15, 0.2) is 17.4 Å². The van der Waals surface area contributed by atoms with Gasteiger partial charge in [0.05, 0.1) is 34.4 Å². The summed E-state index contributed by atoms with van der Waals surface area (Å²) in [6.07, 6.45) is 5.24. The average Bonchev–Trinajstić information content (AvgIpc) is 3.50. The predicted molar refractivity (Wildman–Crippen MR) is 174 cm³/mol. The van der Waals surface area contributed by atoms with E-state index < -0.39 is 23.5 Å². The van der Waals surface area contributed by atoms with Crippen molar-refractivity contribution in [3.63, 3.8) is 0 Å². The number of rotatable bonds is 10. The number of amides is 1. The maximum atomic E-state index is 15.1. The number of amidine groups is 1. The van der Waals surface area contributed by atoms with Crippen LogP contribution in [0.3, 0.4) is 0 Å². The summed E-state index contributed by atoms with van der Waals surface area (Å²) in [6, 6.07) is 16.4. The van der Waals surface area contributed by atoms with Crippen molar-refractivity contribution in [2.24, 2.45) is 15.9 Å². The van der Waals surface area contributed by atoms with E-state index in [-0.39, 0.29) is 35.5 Å². The van der Waals surface area contributed by atoms with E-state index in [0.717, 1.165) is 0 Å². The Bertz CT molecular complexity index is 1840. The van der Waals surface area contributed by atoms with Crippen molar-refractivity contribution < 1.29 is 27.8 Å². The van der Waals surface area contributed by atoms with E-state index >= 15 is 4.39 Å². The van der Waals surface area contributed by atoms with Gasteiger partial charge in [-0.3, -0.25) is 9.79 Å². The lowest BCUT2D eigenvalue weighted by atomic mass is 9.89. The number of allylic oxidation sites excluding steroid dienone is 2. The van der Waals surface area contributed by atoms with Gasteiger partial charge in [0, 0.05) is 37.2 Å². The molecule has 8 nitrogen and oxygen atoms in total. The van der Waals surface area contributed by atoms with Crippen LogP contribution in [0.25, 0.3) is 5.57 Å². The van der Waals surface area contributed by atoms with Crippen LogP contribution in [0.1, 0.15) is 39.6 Å². The highest BCUT2D eigenvalue weighted by atomic mass is 35.5. The zero-order valence-electron chi connectivity index (χ0n) is 25.0. The molecule has 0 aromatic heterocycles. The first-order valence-electron chi connectivity index (χ1n) is 14.4. The van der Waals surface area contributed by atoms with Gasteiger partial charge in [-0.1, -0.05) is 41.8 Å². The minimum absolute atomic E-state index is 0.0525. The smallest absolute Gasteiger partial charge is 0.338 e. The summed E-state index contributed by atoms with van der Waals surface area (Å²) in [4.78, 5) is 35.5. The third-order valence-corrected chi connectivity index (χ3v) is 7.53. The molecule has 0 aliphatic carbocycles. The number of halogens is 3. The molecule has 0 saturated heterocycles. The van der Waals surface area contributed by atoms with Crippen LogP contribution in [0, 0.1) is 29.4 Å². The monoisotopic (exact) mass is 642 g/mol. The van der Waals surface area contributed by atoms with Gasteiger partial charge in [0.25, 0.3) is 5.91 Å². The molecule has 3 aromatic carbocycles. The molecule has 11 heteroatoms. The van der Waals surface area contributed by atoms with Crippen LogP contribution < -0.4 is 10.1 Å². The van der Waals surface area contributed by atoms with Crippen molar-refractivity contribution in [3.8, 4) is 17.6 Å². The summed E-state index contributed by atoms with van der Waals surface area (Å²) in [7, 11) is 1.65. The Morgan fingerprint density at radius 1 is 1.07 bits per heavy atom. The Balaban J connectivity index is 1.18. The van der Waals surface area contributed by atoms with E-state index in [4.69, 9.17) is 21.1 Å². The Hall–Kier alpha value is -5.27. The topological polar surface area (TPSA) is 92.6 Å². The summed E-state index contributed by atoms with van der Waals surface area (Å²) in [6.45, 7) is 2.09. The van der Waals surface area contributed by atoms with Gasteiger partial charge in [-0.25, -0.2) is 14.2 Å². The number of fused-ring (bicyclic) bond motifs is 1. The maximum absolute atomic E-state index is 15.1. The molecule has 2 aliphatic rings. The minimum Gasteiger partial charge on any atom is -0.478 e. The van der Waals surface area contributed by atoms with Gasteiger partial charge >= 0.3 is 5.97 Å². The molecule has 2 heterocycles. The molecule has 1 unspecified atom stereocenters. The van der Waals surface area contributed by atoms with Crippen molar-refractivity contribution in [2.45, 2.75) is 13.3 Å². The van der Waals surface area contributed by atoms with Crippen LogP contribution >= 0.6 is 11.6 Å². The molecular weight excluding hydrogens is 614 g/mol. The molecule has 5 rings (SSSR count). The summed E-state index contributed by atoms with van der Waals surface area (Å²) in [5.41, 5.74) is 2.36. The molecular formula is C35H29ClF2N4O4. The molecule has 46 heavy (non-hydrogen) atoms. The lowest BCUT2D eigenvalue weighted by molar-refractivity contribution is 0.0488. The van der Waals surface area contributed by atoms with E-state index in [1.165, 1.54) is 23.2 Å². The number of aliphatic imine (C=N–C) groups is 2. The number of hydrogen-bond acceptors (Lipinski definition) is 7. The number of ether oxygens (including phenoxy) is 2. The number of nitrogens with one attached hydrogen (secondary N) is 1. The molecule has 3 aromatic rings. The molecule has 0 spiro atoms. The zero-order chi connectivity index (χ0) is 32.6. The lowest BCUT2D eigenvalue weighted by Crippen LogP contribution is -2.30. The molecule has 0 bridgehead atoms. The minimum atomic E-state index is -1.10. The highest BCUT2D eigenvalue weighted by molar-refractivity contribution is 6.49. The van der Waals surface area contributed by atoms with E-state index in [2.05, 4.69) is 27.1 Å². The molecule has 2 aliphatic heterocycles. The second kappa shape index (κ2) is 14.7. The van der Waals surface area contributed by atoms with Gasteiger partial charge < -0.3 is 19.7 Å². The normalized spacial score (nSPS) is 14.6. The first-order chi connectivity index (χ1) is 22.3. The van der Waals surface area contributed by atoms with Gasteiger partial charge in [-0.05, 0) is 61.4 Å². The molecule has 0 fully saturated rings. The first kappa shape index (κ1) is 32.1. The summed E-state index contributed by atoms with van der Waals surface area (Å²) < 4.78 is 40.4. The fourth-order valence-electron chi connectivity index (χ4n) is 4.84. The molecule has 0 radical (unpaired) electrons. The third kappa shape index (κ3) is 7.16. The largest absolute Gasteiger partial charge is 0.478 e. The Morgan fingerprint density at radius 2 is 1.87 bits per heavy atom. The highest BCUT2D eigenvalue weighted by Crippen LogP contribution is 2.37. The second-order valence-corrected chi connectivity index (χ2v) is 10.7. The molecule has 1 amide bonds. The van der Waals surface area contributed by atoms with E-state index in [0.29, 0.717) is 46.9 Å². The van der Waals surface area contributed by atoms with Crippen molar-refractivity contribution in [3.05, 3.63) is 112 Å². The van der Waals surface area contributed by atoms with Crippen molar-refractivity contribution in [2.75, 3.05) is 32.1 Å². The zero-order valence-corrected chi connectivity index (χ0v) is 25.8. The van der Waals surface area contributed by atoms with E-state index in [1.54, 1.807) is 68.7 Å². The Labute approximate surface area is 270 Å². The first-order valence-corrected chi connectivity index (χ1v) is 14.7. The maximum Gasteiger partial charge on any atom is 0.338 e. The fraction of sp³-hybridized carbons (Fsp3) is 0.200. The van der Waals surface area contributed by atoms with Gasteiger partial charge in [-0.15, -0.1) is 5.92 Å². The van der Waals surface area contributed by atoms with Gasteiger partial charge in [0.1, 0.15) is 6.61 Å². The molecule has 0 saturated carbocycles. The number of nitrogens with zero attached hydrogens (tertiary/aromatic N) is 3.